The summed E-state index contributed by atoms with van der Waals surface area (Å²) in [6, 6.07) is 3.85. The highest BCUT2D eigenvalue weighted by Crippen LogP contribution is 2.25. The molecule has 6 heteroatoms. The second-order valence-electron chi connectivity index (χ2n) is 3.31. The van der Waals surface area contributed by atoms with E-state index < -0.39 is 12.4 Å². The van der Waals surface area contributed by atoms with Crippen LogP contribution in [-0.2, 0) is 9.53 Å². The Labute approximate surface area is 97.8 Å². The topological polar surface area (TPSA) is 64.3 Å². The number of ether oxygens (including phenoxy) is 1. The molecule has 0 aromatic heterocycles. The Kier molecular flexibility index (Phi) is 4.68. The fourth-order valence-electron chi connectivity index (χ4n) is 1.26. The van der Waals surface area contributed by atoms with Gasteiger partial charge >= 0.3 is 5.97 Å². The minimum atomic E-state index is -2.56. The standard InChI is InChI=1S/C11H14F2N2O2/c1-2-17-10(16)6-15-9-4-3-7(11(12)13)5-8(9)14/h3-5,11,15H,2,6,14H2,1H3. The molecule has 17 heavy (non-hydrogen) atoms. The number of halogens is 2. The molecule has 0 fully saturated rings. The number of benzene rings is 1. The Morgan fingerprint density at radius 3 is 2.76 bits per heavy atom. The van der Waals surface area contributed by atoms with Gasteiger partial charge < -0.3 is 15.8 Å². The van der Waals surface area contributed by atoms with Crippen LogP contribution in [0.25, 0.3) is 0 Å². The van der Waals surface area contributed by atoms with E-state index in [4.69, 9.17) is 10.5 Å². The van der Waals surface area contributed by atoms with E-state index >= 15 is 0 Å². The number of nitrogens with two attached hydrogens (primary N) is 1. The lowest BCUT2D eigenvalue weighted by Crippen LogP contribution is -2.17. The van der Waals surface area contributed by atoms with Gasteiger partial charge in [-0.05, 0) is 19.1 Å². The Hall–Kier alpha value is -1.85. The molecule has 0 unspecified atom stereocenters. The van der Waals surface area contributed by atoms with Crippen molar-refractivity contribution in [3.05, 3.63) is 23.8 Å². The van der Waals surface area contributed by atoms with Crippen molar-refractivity contribution >= 4 is 17.3 Å². The molecule has 0 aliphatic carbocycles. The van der Waals surface area contributed by atoms with Crippen LogP contribution >= 0.6 is 0 Å². The lowest BCUT2D eigenvalue weighted by Gasteiger charge is -2.10. The summed E-state index contributed by atoms with van der Waals surface area (Å²) in [5.74, 6) is -0.426. The maximum Gasteiger partial charge on any atom is 0.325 e. The van der Waals surface area contributed by atoms with E-state index in [9.17, 15) is 13.6 Å². The first kappa shape index (κ1) is 13.2. The van der Waals surface area contributed by atoms with Crippen molar-refractivity contribution in [3.63, 3.8) is 0 Å². The lowest BCUT2D eigenvalue weighted by molar-refractivity contribution is -0.140. The summed E-state index contributed by atoms with van der Waals surface area (Å²) < 4.78 is 29.4. The summed E-state index contributed by atoms with van der Waals surface area (Å²) in [4.78, 5) is 11.1. The van der Waals surface area contributed by atoms with E-state index in [1.807, 2.05) is 0 Å². The normalized spacial score (nSPS) is 10.4. The second kappa shape index (κ2) is 6.03. The first-order chi connectivity index (χ1) is 8.04. The molecule has 0 saturated carbocycles. The number of anilines is 2. The summed E-state index contributed by atoms with van der Waals surface area (Å²) in [5.41, 5.74) is 6.03. The minimum absolute atomic E-state index is 0.0495. The molecule has 4 nitrogen and oxygen atoms in total. The third-order valence-corrected chi connectivity index (χ3v) is 2.06. The van der Waals surface area contributed by atoms with Crippen LogP contribution in [0.5, 0.6) is 0 Å². The van der Waals surface area contributed by atoms with Gasteiger partial charge in [-0.1, -0.05) is 6.07 Å². The summed E-state index contributed by atoms with van der Waals surface area (Å²) in [5, 5.41) is 2.72. The van der Waals surface area contributed by atoms with Crippen LogP contribution in [0.2, 0.25) is 0 Å². The largest absolute Gasteiger partial charge is 0.465 e. The van der Waals surface area contributed by atoms with Gasteiger partial charge in [0.25, 0.3) is 6.43 Å². The zero-order chi connectivity index (χ0) is 12.8. The highest BCUT2D eigenvalue weighted by Gasteiger charge is 2.09. The van der Waals surface area contributed by atoms with Crippen LogP contribution in [0.1, 0.15) is 18.9 Å². The van der Waals surface area contributed by atoms with Crippen molar-refractivity contribution in [2.24, 2.45) is 0 Å². The molecule has 0 aliphatic rings. The van der Waals surface area contributed by atoms with Crippen molar-refractivity contribution in [2.45, 2.75) is 13.3 Å². The highest BCUT2D eigenvalue weighted by molar-refractivity contribution is 5.77. The predicted octanol–water partition coefficient (Wildman–Crippen LogP) is 2.18. The van der Waals surface area contributed by atoms with Gasteiger partial charge in [0, 0.05) is 5.56 Å². The molecule has 0 radical (unpaired) electrons. The molecule has 1 rings (SSSR count). The average Bonchev–Trinajstić information content (AvgIpc) is 2.27. The molecule has 3 N–H and O–H groups in total. The maximum absolute atomic E-state index is 12.3. The van der Waals surface area contributed by atoms with E-state index in [0.717, 1.165) is 0 Å². The monoisotopic (exact) mass is 244 g/mol. The molecule has 1 aromatic rings. The van der Waals surface area contributed by atoms with Crippen LogP contribution in [0, 0.1) is 0 Å². The molecule has 0 atom stereocenters. The Balaban J connectivity index is 2.63. The number of hydrogen-bond donors (Lipinski definition) is 2. The van der Waals surface area contributed by atoms with Crippen LogP contribution in [0.15, 0.2) is 18.2 Å². The van der Waals surface area contributed by atoms with Gasteiger partial charge in [0.05, 0.1) is 18.0 Å². The van der Waals surface area contributed by atoms with E-state index in [1.54, 1.807) is 6.92 Å². The predicted molar refractivity (Wildman–Crippen MR) is 60.9 cm³/mol. The Morgan fingerprint density at radius 1 is 1.53 bits per heavy atom. The molecule has 0 spiro atoms. The van der Waals surface area contributed by atoms with Crippen molar-refractivity contribution in [1.29, 1.82) is 0 Å². The number of esters is 1. The van der Waals surface area contributed by atoms with E-state index in [2.05, 4.69) is 5.32 Å². The van der Waals surface area contributed by atoms with E-state index in [-0.39, 0.29) is 17.8 Å². The molecule has 0 aliphatic heterocycles. The molecule has 0 amide bonds. The first-order valence-corrected chi connectivity index (χ1v) is 5.11. The third kappa shape index (κ3) is 3.90. The number of alkyl halides is 2. The van der Waals surface area contributed by atoms with Crippen LogP contribution in [0.4, 0.5) is 20.2 Å². The number of nitrogen functional groups attached to an aromatic ring is 1. The molecule has 1 aromatic carbocycles. The maximum atomic E-state index is 12.3. The first-order valence-electron chi connectivity index (χ1n) is 5.11. The van der Waals surface area contributed by atoms with Crippen molar-refractivity contribution in [2.75, 3.05) is 24.2 Å². The number of rotatable bonds is 5. The van der Waals surface area contributed by atoms with Crippen LogP contribution < -0.4 is 11.1 Å². The van der Waals surface area contributed by atoms with Crippen LogP contribution in [-0.4, -0.2) is 19.1 Å². The highest BCUT2D eigenvalue weighted by atomic mass is 19.3. The van der Waals surface area contributed by atoms with E-state index in [1.165, 1.54) is 18.2 Å². The number of nitrogens with one attached hydrogen (secondary N) is 1. The smallest absolute Gasteiger partial charge is 0.325 e. The fraction of sp³-hybridized carbons (Fsp3) is 0.364. The quantitative estimate of drug-likeness (QED) is 0.615. The second-order valence-corrected chi connectivity index (χ2v) is 3.31. The van der Waals surface area contributed by atoms with Crippen molar-refractivity contribution < 1.29 is 18.3 Å². The minimum Gasteiger partial charge on any atom is -0.465 e. The third-order valence-electron chi connectivity index (χ3n) is 2.06. The van der Waals surface area contributed by atoms with Crippen LogP contribution in [0.3, 0.4) is 0 Å². The zero-order valence-corrected chi connectivity index (χ0v) is 9.37. The zero-order valence-electron chi connectivity index (χ0n) is 9.37. The molecule has 0 bridgehead atoms. The van der Waals surface area contributed by atoms with Gasteiger partial charge in [0.2, 0.25) is 0 Å². The van der Waals surface area contributed by atoms with Gasteiger partial charge in [-0.2, -0.15) is 0 Å². The Bertz CT molecular complexity index is 397. The van der Waals surface area contributed by atoms with Crippen molar-refractivity contribution in [1.82, 2.24) is 0 Å². The SMILES string of the molecule is CCOC(=O)CNc1ccc(C(F)F)cc1N. The van der Waals surface area contributed by atoms with E-state index in [0.29, 0.717) is 12.3 Å². The molecular formula is C11H14F2N2O2. The summed E-state index contributed by atoms with van der Waals surface area (Å²) in [7, 11) is 0. The Morgan fingerprint density at radius 2 is 2.24 bits per heavy atom. The summed E-state index contributed by atoms with van der Waals surface area (Å²) in [6.45, 7) is 1.94. The number of carbonyl (C=O) groups excluding carboxylic acids is 1. The van der Waals surface area contributed by atoms with Gasteiger partial charge in [0.1, 0.15) is 6.54 Å². The lowest BCUT2D eigenvalue weighted by atomic mass is 10.2. The molecular weight excluding hydrogens is 230 g/mol. The number of hydrogen-bond acceptors (Lipinski definition) is 4. The molecule has 0 saturated heterocycles. The summed E-state index contributed by atoms with van der Waals surface area (Å²) >= 11 is 0. The van der Waals surface area contributed by atoms with Gasteiger partial charge in [-0.15, -0.1) is 0 Å². The molecule has 0 heterocycles. The number of carbonyl (C=O) groups is 1. The van der Waals surface area contributed by atoms with Crippen molar-refractivity contribution in [3.8, 4) is 0 Å². The average molecular weight is 244 g/mol. The van der Waals surface area contributed by atoms with Gasteiger partial charge in [-0.3, -0.25) is 4.79 Å². The van der Waals surface area contributed by atoms with Gasteiger partial charge in [0.15, 0.2) is 0 Å². The fourth-order valence-corrected chi connectivity index (χ4v) is 1.26. The van der Waals surface area contributed by atoms with Gasteiger partial charge in [-0.25, -0.2) is 8.78 Å². The molecule has 94 valence electrons. The summed E-state index contributed by atoms with van der Waals surface area (Å²) in [6.07, 6.45) is -2.56.